The topological polar surface area (TPSA) is 52.0 Å². The van der Waals surface area contributed by atoms with Gasteiger partial charge in [-0.1, -0.05) is 28.1 Å². The molecule has 24 heavy (non-hydrogen) atoms. The lowest BCUT2D eigenvalue weighted by molar-refractivity contribution is -0.907. The number of quaternary nitrogens is 1. The summed E-state index contributed by atoms with van der Waals surface area (Å²) in [4.78, 5) is 13.6. The van der Waals surface area contributed by atoms with Gasteiger partial charge in [0.05, 0.1) is 7.05 Å². The number of carbonyl (C=O) groups is 1. The highest BCUT2D eigenvalue weighted by molar-refractivity contribution is 9.10. The quantitative estimate of drug-likeness (QED) is 0.821. The highest BCUT2D eigenvalue weighted by Gasteiger charge is 2.23. The van der Waals surface area contributed by atoms with E-state index in [1.807, 2.05) is 32.2 Å². The first kappa shape index (κ1) is 16.8. The molecule has 1 heterocycles. The maximum absolute atomic E-state index is 12.5. The van der Waals surface area contributed by atoms with Crippen LogP contribution in [0.2, 0.25) is 0 Å². The zero-order valence-electron chi connectivity index (χ0n) is 13.6. The normalized spacial score (nSPS) is 15.0. The fraction of sp³-hybridized carbons (Fsp3) is 0.278. The summed E-state index contributed by atoms with van der Waals surface area (Å²) in [5.41, 5.74) is 1.91. The van der Waals surface area contributed by atoms with E-state index in [0.717, 1.165) is 15.9 Å². The Labute approximate surface area is 149 Å². The van der Waals surface area contributed by atoms with Crippen LogP contribution in [0.15, 0.2) is 46.9 Å². The molecule has 2 aromatic carbocycles. The first-order valence-electron chi connectivity index (χ1n) is 7.80. The molecular formula is C18H20BrN2O3+. The molecule has 1 unspecified atom stereocenters. The Morgan fingerprint density at radius 3 is 2.67 bits per heavy atom. The van der Waals surface area contributed by atoms with E-state index in [4.69, 9.17) is 9.47 Å². The predicted molar refractivity (Wildman–Crippen MR) is 95.4 cm³/mol. The van der Waals surface area contributed by atoms with Crippen molar-refractivity contribution in [2.24, 2.45) is 0 Å². The van der Waals surface area contributed by atoms with Gasteiger partial charge in [-0.15, -0.1) is 0 Å². The van der Waals surface area contributed by atoms with Crippen molar-refractivity contribution in [3.8, 4) is 11.5 Å². The van der Waals surface area contributed by atoms with Gasteiger partial charge in [-0.25, -0.2) is 0 Å². The highest BCUT2D eigenvalue weighted by atomic mass is 79.9. The van der Waals surface area contributed by atoms with Gasteiger partial charge in [0.2, 0.25) is 6.79 Å². The lowest BCUT2D eigenvalue weighted by atomic mass is 10.2. The maximum Gasteiger partial charge on any atom is 0.282 e. The van der Waals surface area contributed by atoms with Crippen LogP contribution in [0.5, 0.6) is 11.5 Å². The predicted octanol–water partition coefficient (Wildman–Crippen LogP) is 2.22. The van der Waals surface area contributed by atoms with E-state index in [-0.39, 0.29) is 18.7 Å². The standard InChI is InChI=1S/C18H19BrN2O3/c1-12(21(2)10-13-3-5-14(19)6-4-13)18(22)20-15-7-8-16-17(9-15)24-11-23-16/h3-9,12H,10-11H2,1-2H3,(H,20,22)/p+1/t12-/m1/s1. The third kappa shape index (κ3) is 3.88. The van der Waals surface area contributed by atoms with Crippen molar-refractivity contribution in [3.05, 3.63) is 52.5 Å². The molecule has 2 N–H and O–H groups in total. The minimum absolute atomic E-state index is 0.0246. The third-order valence-corrected chi connectivity index (χ3v) is 4.70. The van der Waals surface area contributed by atoms with E-state index in [0.29, 0.717) is 17.2 Å². The monoisotopic (exact) mass is 391 g/mol. The first-order chi connectivity index (χ1) is 11.5. The SMILES string of the molecule is C[C@H](C(=O)Nc1ccc2c(c1)OCO2)[NH+](C)Cc1ccc(Br)cc1. The number of amides is 1. The molecule has 0 bridgehead atoms. The third-order valence-electron chi connectivity index (χ3n) is 4.17. The van der Waals surface area contributed by atoms with Crippen LogP contribution >= 0.6 is 15.9 Å². The molecule has 0 aromatic heterocycles. The van der Waals surface area contributed by atoms with Crippen molar-refractivity contribution in [2.75, 3.05) is 19.2 Å². The minimum Gasteiger partial charge on any atom is -0.454 e. The molecule has 0 saturated carbocycles. The summed E-state index contributed by atoms with van der Waals surface area (Å²) in [7, 11) is 2.02. The highest BCUT2D eigenvalue weighted by Crippen LogP contribution is 2.34. The van der Waals surface area contributed by atoms with Crippen molar-refractivity contribution in [2.45, 2.75) is 19.5 Å². The molecule has 0 saturated heterocycles. The Bertz CT molecular complexity index is 734. The number of carbonyl (C=O) groups excluding carboxylic acids is 1. The van der Waals surface area contributed by atoms with Gasteiger partial charge in [0, 0.05) is 21.8 Å². The van der Waals surface area contributed by atoms with E-state index in [1.54, 1.807) is 12.1 Å². The van der Waals surface area contributed by atoms with Gasteiger partial charge in [0.1, 0.15) is 6.54 Å². The zero-order valence-corrected chi connectivity index (χ0v) is 15.2. The molecule has 5 nitrogen and oxygen atoms in total. The van der Waals surface area contributed by atoms with Gasteiger partial charge >= 0.3 is 0 Å². The van der Waals surface area contributed by atoms with E-state index in [2.05, 4.69) is 33.4 Å². The molecule has 2 aromatic rings. The van der Waals surface area contributed by atoms with Crippen LogP contribution in [-0.2, 0) is 11.3 Å². The second-order valence-electron chi connectivity index (χ2n) is 5.93. The molecule has 1 amide bonds. The number of halogens is 1. The number of fused-ring (bicyclic) bond motifs is 1. The van der Waals surface area contributed by atoms with Gasteiger partial charge in [0.15, 0.2) is 17.5 Å². The molecule has 0 spiro atoms. The first-order valence-corrected chi connectivity index (χ1v) is 8.59. The zero-order chi connectivity index (χ0) is 17.1. The Morgan fingerprint density at radius 2 is 1.92 bits per heavy atom. The number of likely N-dealkylation sites (N-methyl/N-ethyl adjacent to an activating group) is 1. The molecule has 0 aliphatic carbocycles. The summed E-state index contributed by atoms with van der Waals surface area (Å²) in [6.45, 7) is 2.93. The van der Waals surface area contributed by atoms with Crippen molar-refractivity contribution in [1.82, 2.24) is 0 Å². The summed E-state index contributed by atoms with van der Waals surface area (Å²) in [5, 5.41) is 2.94. The van der Waals surface area contributed by atoms with Crippen molar-refractivity contribution >= 4 is 27.5 Å². The largest absolute Gasteiger partial charge is 0.454 e. The van der Waals surface area contributed by atoms with Crippen LogP contribution in [-0.4, -0.2) is 25.8 Å². The van der Waals surface area contributed by atoms with Crippen LogP contribution < -0.4 is 19.7 Å². The molecule has 1 aliphatic heterocycles. The average molecular weight is 392 g/mol. The summed E-state index contributed by atoms with van der Waals surface area (Å²) in [5.74, 6) is 1.35. The average Bonchev–Trinajstić information content (AvgIpc) is 3.03. The fourth-order valence-electron chi connectivity index (χ4n) is 2.53. The van der Waals surface area contributed by atoms with Gasteiger partial charge in [-0.2, -0.15) is 0 Å². The minimum atomic E-state index is -0.181. The number of ether oxygens (including phenoxy) is 2. The summed E-state index contributed by atoms with van der Waals surface area (Å²) < 4.78 is 11.7. The summed E-state index contributed by atoms with van der Waals surface area (Å²) >= 11 is 3.43. The summed E-state index contributed by atoms with van der Waals surface area (Å²) in [6, 6.07) is 13.4. The van der Waals surface area contributed by atoms with E-state index < -0.39 is 0 Å². The second kappa shape index (κ2) is 7.23. The second-order valence-corrected chi connectivity index (χ2v) is 6.84. The van der Waals surface area contributed by atoms with Crippen molar-refractivity contribution in [3.63, 3.8) is 0 Å². The molecule has 126 valence electrons. The van der Waals surface area contributed by atoms with Crippen LogP contribution in [0.3, 0.4) is 0 Å². The number of nitrogens with one attached hydrogen (secondary N) is 2. The Balaban J connectivity index is 1.60. The van der Waals surface area contributed by atoms with Gasteiger partial charge in [-0.05, 0) is 31.2 Å². The molecular weight excluding hydrogens is 372 g/mol. The lowest BCUT2D eigenvalue weighted by Gasteiger charge is -2.21. The van der Waals surface area contributed by atoms with E-state index in [9.17, 15) is 4.79 Å². The Kier molecular flexibility index (Phi) is 5.06. The molecule has 0 fully saturated rings. The van der Waals surface area contributed by atoms with Gasteiger partial charge < -0.3 is 19.7 Å². The van der Waals surface area contributed by atoms with Gasteiger partial charge in [-0.3, -0.25) is 4.79 Å². The Morgan fingerprint density at radius 1 is 1.21 bits per heavy atom. The van der Waals surface area contributed by atoms with E-state index >= 15 is 0 Å². The van der Waals surface area contributed by atoms with Crippen LogP contribution in [0.1, 0.15) is 12.5 Å². The maximum atomic E-state index is 12.5. The molecule has 2 atom stereocenters. The van der Waals surface area contributed by atoms with Crippen molar-refractivity contribution < 1.29 is 19.2 Å². The molecule has 1 aliphatic rings. The van der Waals surface area contributed by atoms with Crippen LogP contribution in [0.4, 0.5) is 5.69 Å². The van der Waals surface area contributed by atoms with Gasteiger partial charge in [0.25, 0.3) is 5.91 Å². The van der Waals surface area contributed by atoms with Crippen LogP contribution in [0.25, 0.3) is 0 Å². The number of hydrogen-bond acceptors (Lipinski definition) is 3. The fourth-order valence-corrected chi connectivity index (χ4v) is 2.79. The number of benzene rings is 2. The van der Waals surface area contributed by atoms with E-state index in [1.165, 1.54) is 5.56 Å². The molecule has 3 rings (SSSR count). The number of hydrogen-bond donors (Lipinski definition) is 2. The molecule has 0 radical (unpaired) electrons. The van der Waals surface area contributed by atoms with Crippen LogP contribution in [0, 0.1) is 0 Å². The smallest absolute Gasteiger partial charge is 0.282 e. The Hall–Kier alpha value is -2.05. The number of rotatable bonds is 5. The summed E-state index contributed by atoms with van der Waals surface area (Å²) in [6.07, 6.45) is 0. The lowest BCUT2D eigenvalue weighted by Crippen LogP contribution is -3.12. The molecule has 6 heteroatoms. The number of anilines is 1. The van der Waals surface area contributed by atoms with Crippen molar-refractivity contribution in [1.29, 1.82) is 0 Å².